The number of carboxylic acids is 1. The molecule has 0 aliphatic carbocycles. The number of carbonyl (C=O) groups is 1. The first-order valence-corrected chi connectivity index (χ1v) is 4.07. The topological polar surface area (TPSA) is 103 Å². The van der Waals surface area contributed by atoms with Gasteiger partial charge in [0, 0.05) is 6.42 Å². The number of nitrogen functional groups attached to an aromatic ring is 1. The van der Waals surface area contributed by atoms with E-state index < -0.39 is 11.9 Å². The van der Waals surface area contributed by atoms with Gasteiger partial charge >= 0.3 is 5.97 Å². The van der Waals surface area contributed by atoms with Gasteiger partial charge in [-0.25, -0.2) is 9.71 Å². The Hall–Kier alpha value is -1.85. The molecule has 1 aromatic heterocycles. The smallest absolute Gasteiger partial charge is 0.306 e. The van der Waals surface area contributed by atoms with E-state index in [9.17, 15) is 10.0 Å². The van der Waals surface area contributed by atoms with Gasteiger partial charge < -0.3 is 10.3 Å². The molecule has 1 aromatic rings. The Bertz CT molecular complexity index is 354. The van der Waals surface area contributed by atoms with Crippen LogP contribution in [0.15, 0.2) is 12.4 Å². The lowest BCUT2D eigenvalue weighted by Gasteiger charge is -2.08. The minimum absolute atomic E-state index is 0.00303. The Morgan fingerprint density at radius 2 is 2.50 bits per heavy atom. The summed E-state index contributed by atoms with van der Waals surface area (Å²) in [5.74, 6) is -1.48. The maximum absolute atomic E-state index is 11.0. The van der Waals surface area contributed by atoms with Gasteiger partial charge in [0.05, 0.1) is 11.6 Å². The summed E-state index contributed by atoms with van der Waals surface area (Å²) in [6, 6.07) is 0. The summed E-state index contributed by atoms with van der Waals surface area (Å²) in [7, 11) is 0. The van der Waals surface area contributed by atoms with E-state index in [0.29, 0.717) is 10.4 Å². The van der Waals surface area contributed by atoms with E-state index in [2.05, 4.69) is 4.98 Å². The molecule has 1 rings (SSSR count). The van der Waals surface area contributed by atoms with Crippen molar-refractivity contribution in [2.45, 2.75) is 13.3 Å². The van der Waals surface area contributed by atoms with Crippen molar-refractivity contribution in [1.82, 2.24) is 4.98 Å². The van der Waals surface area contributed by atoms with E-state index in [1.54, 1.807) is 6.92 Å². The van der Waals surface area contributed by atoms with Crippen LogP contribution in [0.5, 0.6) is 0 Å². The maximum atomic E-state index is 11.0. The van der Waals surface area contributed by atoms with Gasteiger partial charge in [-0.15, -0.1) is 0 Å². The van der Waals surface area contributed by atoms with Gasteiger partial charge in [0.1, 0.15) is 12.4 Å². The highest BCUT2D eigenvalue weighted by Crippen LogP contribution is 2.04. The molecule has 0 aliphatic heterocycles. The number of aliphatic carboxylic acids is 1. The molecule has 0 aromatic carbocycles. The van der Waals surface area contributed by atoms with Crippen LogP contribution >= 0.6 is 0 Å². The summed E-state index contributed by atoms with van der Waals surface area (Å²) in [4.78, 5) is 14.4. The molecule has 0 aliphatic rings. The Kier molecular flexibility index (Phi) is 2.85. The highest BCUT2D eigenvalue weighted by atomic mass is 16.5. The zero-order valence-electron chi connectivity index (χ0n) is 7.67. The first-order chi connectivity index (χ1) is 6.50. The van der Waals surface area contributed by atoms with Crippen molar-refractivity contribution < 1.29 is 14.6 Å². The van der Waals surface area contributed by atoms with E-state index in [1.165, 1.54) is 12.4 Å². The standard InChI is InChI=1S/C8H11N3O3/c1-5(8(12)13)2-6-4-11(14)7(9)3-10-6/h3-5H,2,9H2,1H3,(H,12,13). The molecule has 0 spiro atoms. The summed E-state index contributed by atoms with van der Waals surface area (Å²) in [6.45, 7) is 1.55. The van der Waals surface area contributed by atoms with E-state index in [1.807, 2.05) is 0 Å². The van der Waals surface area contributed by atoms with Crippen molar-refractivity contribution in [3.05, 3.63) is 23.3 Å². The van der Waals surface area contributed by atoms with Crippen molar-refractivity contribution in [3.8, 4) is 0 Å². The van der Waals surface area contributed by atoms with Crippen molar-refractivity contribution in [3.63, 3.8) is 0 Å². The molecule has 1 atom stereocenters. The first-order valence-electron chi connectivity index (χ1n) is 4.07. The number of rotatable bonds is 3. The van der Waals surface area contributed by atoms with Crippen LogP contribution in [0.1, 0.15) is 12.6 Å². The molecule has 0 bridgehead atoms. The summed E-state index contributed by atoms with van der Waals surface area (Å²) in [6.07, 6.45) is 2.63. The molecule has 0 amide bonds. The molecule has 0 radical (unpaired) electrons. The zero-order chi connectivity index (χ0) is 10.7. The fourth-order valence-corrected chi connectivity index (χ4v) is 0.956. The first kappa shape index (κ1) is 10.2. The summed E-state index contributed by atoms with van der Waals surface area (Å²) in [5, 5.41) is 19.6. The average molecular weight is 197 g/mol. The van der Waals surface area contributed by atoms with E-state index in [4.69, 9.17) is 10.8 Å². The third-order valence-electron chi connectivity index (χ3n) is 1.82. The Balaban J connectivity index is 2.78. The van der Waals surface area contributed by atoms with Crippen LogP contribution in [0.25, 0.3) is 0 Å². The second-order valence-corrected chi connectivity index (χ2v) is 3.07. The van der Waals surface area contributed by atoms with E-state index >= 15 is 0 Å². The number of carboxylic acid groups (broad SMARTS) is 1. The highest BCUT2D eigenvalue weighted by molar-refractivity contribution is 5.69. The summed E-state index contributed by atoms with van der Waals surface area (Å²) >= 11 is 0. The van der Waals surface area contributed by atoms with Crippen molar-refractivity contribution in [2.24, 2.45) is 5.92 Å². The fraction of sp³-hybridized carbons (Fsp3) is 0.375. The highest BCUT2D eigenvalue weighted by Gasteiger charge is 2.13. The van der Waals surface area contributed by atoms with Crippen molar-refractivity contribution >= 4 is 11.8 Å². The predicted molar refractivity (Wildman–Crippen MR) is 48.1 cm³/mol. The lowest BCUT2D eigenvalue weighted by molar-refractivity contribution is -0.590. The van der Waals surface area contributed by atoms with Crippen LogP contribution in [0, 0.1) is 11.1 Å². The molecule has 0 saturated heterocycles. The van der Waals surface area contributed by atoms with Gasteiger partial charge in [-0.2, -0.15) is 0 Å². The van der Waals surface area contributed by atoms with Crippen LogP contribution in [0.3, 0.4) is 0 Å². The Morgan fingerprint density at radius 3 is 3.00 bits per heavy atom. The minimum atomic E-state index is -0.916. The predicted octanol–water partition coefficient (Wildman–Crippen LogP) is -0.440. The second kappa shape index (κ2) is 3.91. The normalized spacial score (nSPS) is 12.4. The quantitative estimate of drug-likeness (QED) is 0.505. The molecular formula is C8H11N3O3. The van der Waals surface area contributed by atoms with Gasteiger partial charge in [0.25, 0.3) is 5.82 Å². The fourth-order valence-electron chi connectivity index (χ4n) is 0.956. The molecule has 0 fully saturated rings. The van der Waals surface area contributed by atoms with Crippen LogP contribution in [-0.2, 0) is 11.2 Å². The third-order valence-corrected chi connectivity index (χ3v) is 1.82. The number of nitrogens with zero attached hydrogens (tertiary/aromatic N) is 2. The summed E-state index contributed by atoms with van der Waals surface area (Å²) < 4.78 is 0.469. The maximum Gasteiger partial charge on any atom is 0.306 e. The van der Waals surface area contributed by atoms with Crippen molar-refractivity contribution in [2.75, 3.05) is 5.73 Å². The monoisotopic (exact) mass is 197 g/mol. The van der Waals surface area contributed by atoms with Crippen LogP contribution in [-0.4, -0.2) is 16.1 Å². The number of hydrogen-bond acceptors (Lipinski definition) is 4. The molecule has 1 unspecified atom stereocenters. The Morgan fingerprint density at radius 1 is 1.86 bits per heavy atom. The second-order valence-electron chi connectivity index (χ2n) is 3.07. The van der Waals surface area contributed by atoms with Gasteiger partial charge in [-0.1, -0.05) is 6.92 Å². The molecule has 3 N–H and O–H groups in total. The zero-order valence-corrected chi connectivity index (χ0v) is 7.67. The SMILES string of the molecule is CC(Cc1c[n+]([O-])c(N)cn1)C(=O)O. The van der Waals surface area contributed by atoms with Gasteiger partial charge in [0.2, 0.25) is 0 Å². The molecular weight excluding hydrogens is 186 g/mol. The number of anilines is 1. The van der Waals surface area contributed by atoms with Crippen molar-refractivity contribution in [1.29, 1.82) is 0 Å². The van der Waals surface area contributed by atoms with Gasteiger partial charge in [-0.3, -0.25) is 10.5 Å². The average Bonchev–Trinajstić information content (AvgIpc) is 2.11. The van der Waals surface area contributed by atoms with Crippen LogP contribution in [0.2, 0.25) is 0 Å². The summed E-state index contributed by atoms with van der Waals surface area (Å²) in [5.41, 5.74) is 5.67. The minimum Gasteiger partial charge on any atom is -0.711 e. The van der Waals surface area contributed by atoms with Gasteiger partial charge in [-0.05, 0) is 0 Å². The number of aromatic nitrogens is 2. The number of hydrogen-bond donors (Lipinski definition) is 2. The molecule has 14 heavy (non-hydrogen) atoms. The molecule has 76 valence electrons. The molecule has 0 saturated carbocycles. The van der Waals surface area contributed by atoms with E-state index in [0.717, 1.165) is 0 Å². The van der Waals surface area contributed by atoms with E-state index in [-0.39, 0.29) is 12.2 Å². The lowest BCUT2D eigenvalue weighted by atomic mass is 10.1. The third kappa shape index (κ3) is 2.32. The molecule has 1 heterocycles. The number of nitrogens with two attached hydrogens (primary N) is 1. The molecule has 6 heteroatoms. The molecule has 6 nitrogen and oxygen atoms in total. The Labute approximate surface area is 80.6 Å². The van der Waals surface area contributed by atoms with Crippen LogP contribution < -0.4 is 10.5 Å². The van der Waals surface area contributed by atoms with Gasteiger partial charge in [0.15, 0.2) is 0 Å². The lowest BCUT2D eigenvalue weighted by Crippen LogP contribution is -2.31. The largest absolute Gasteiger partial charge is 0.711 e. The van der Waals surface area contributed by atoms with Crippen LogP contribution in [0.4, 0.5) is 5.82 Å².